The highest BCUT2D eigenvalue weighted by Gasteiger charge is 2.13. The van der Waals surface area contributed by atoms with Crippen molar-refractivity contribution in [2.24, 2.45) is 0 Å². The highest BCUT2D eigenvalue weighted by atomic mass is 32.2. The van der Waals surface area contributed by atoms with Crippen LogP contribution in [0.25, 0.3) is 0 Å². The lowest BCUT2D eigenvalue weighted by atomic mass is 10.2. The zero-order valence-electron chi connectivity index (χ0n) is 7.94. The van der Waals surface area contributed by atoms with Crippen LogP contribution in [0.1, 0.15) is 23.1 Å². The van der Waals surface area contributed by atoms with E-state index in [2.05, 4.69) is 15.4 Å². The zero-order chi connectivity index (χ0) is 10.8. The molecule has 0 amide bonds. The van der Waals surface area contributed by atoms with E-state index in [0.717, 1.165) is 6.26 Å². The second-order valence-electron chi connectivity index (χ2n) is 3.05. The Morgan fingerprint density at radius 3 is 2.57 bits per heavy atom. The summed E-state index contributed by atoms with van der Waals surface area (Å²) >= 11 is 0. The van der Waals surface area contributed by atoms with Gasteiger partial charge in [-0.05, 0) is 0 Å². The molecule has 0 radical (unpaired) electrons. The van der Waals surface area contributed by atoms with Crippen LogP contribution in [-0.2, 0) is 16.3 Å². The van der Waals surface area contributed by atoms with Crippen LogP contribution in [0.3, 0.4) is 0 Å². The van der Waals surface area contributed by atoms with Gasteiger partial charge >= 0.3 is 0 Å². The number of nitrogens with one attached hydrogen (secondary N) is 1. The molecule has 78 valence electrons. The van der Waals surface area contributed by atoms with Crippen LogP contribution in [0, 0.1) is 0 Å². The Morgan fingerprint density at radius 2 is 2.07 bits per heavy atom. The van der Waals surface area contributed by atoms with Crippen molar-refractivity contribution >= 4 is 15.6 Å². The van der Waals surface area contributed by atoms with Gasteiger partial charge in [-0.3, -0.25) is 4.79 Å². The molecule has 0 saturated carbocycles. The molecule has 0 aliphatic heterocycles. The van der Waals surface area contributed by atoms with E-state index in [4.69, 9.17) is 0 Å². The number of nitrogens with zero attached hydrogens (tertiary/aromatic N) is 2. The van der Waals surface area contributed by atoms with Crippen molar-refractivity contribution in [2.75, 3.05) is 12.0 Å². The summed E-state index contributed by atoms with van der Waals surface area (Å²) in [4.78, 5) is 11.0. The van der Waals surface area contributed by atoms with Crippen molar-refractivity contribution in [3.63, 3.8) is 0 Å². The molecular weight excluding hydrogens is 206 g/mol. The third-order valence-electron chi connectivity index (χ3n) is 1.66. The molecule has 0 aliphatic carbocycles. The molecule has 0 bridgehead atoms. The molecule has 0 spiro atoms. The molecule has 1 rings (SSSR count). The number of aromatic nitrogens is 3. The van der Waals surface area contributed by atoms with E-state index >= 15 is 0 Å². The van der Waals surface area contributed by atoms with Gasteiger partial charge in [0.05, 0.1) is 11.4 Å². The molecular formula is C7H11N3O3S. The lowest BCUT2D eigenvalue weighted by molar-refractivity contribution is 0.101. The Balaban J connectivity index is 2.77. The maximum absolute atomic E-state index is 11.0. The van der Waals surface area contributed by atoms with E-state index < -0.39 is 9.84 Å². The average Bonchev–Trinajstić information content (AvgIpc) is 2.46. The molecule has 0 aromatic carbocycles. The number of hydrogen-bond donors (Lipinski definition) is 1. The number of aromatic amines is 1. The molecule has 0 saturated heterocycles. The minimum atomic E-state index is -3.04. The van der Waals surface area contributed by atoms with Gasteiger partial charge in [0.15, 0.2) is 11.5 Å². The summed E-state index contributed by atoms with van der Waals surface area (Å²) in [6.45, 7) is 1.36. The first-order valence-electron chi connectivity index (χ1n) is 3.98. The Hall–Kier alpha value is -1.24. The van der Waals surface area contributed by atoms with E-state index in [0.29, 0.717) is 5.69 Å². The average molecular weight is 217 g/mol. The van der Waals surface area contributed by atoms with Gasteiger partial charge in [0, 0.05) is 19.6 Å². The lowest BCUT2D eigenvalue weighted by Gasteiger charge is -1.96. The molecule has 7 heteroatoms. The summed E-state index contributed by atoms with van der Waals surface area (Å²) in [5, 5.41) is 9.66. The minimum absolute atomic E-state index is 0.0280. The van der Waals surface area contributed by atoms with E-state index in [9.17, 15) is 13.2 Å². The highest BCUT2D eigenvalue weighted by Crippen LogP contribution is 2.04. The first-order valence-corrected chi connectivity index (χ1v) is 6.04. The summed E-state index contributed by atoms with van der Waals surface area (Å²) in [7, 11) is -3.04. The summed E-state index contributed by atoms with van der Waals surface area (Å²) in [6.07, 6.45) is 1.35. The summed E-state index contributed by atoms with van der Waals surface area (Å²) in [5.41, 5.74) is 0.622. The van der Waals surface area contributed by atoms with Gasteiger partial charge in [-0.2, -0.15) is 15.4 Å². The third-order valence-corrected chi connectivity index (χ3v) is 2.61. The van der Waals surface area contributed by atoms with Gasteiger partial charge < -0.3 is 0 Å². The second kappa shape index (κ2) is 3.87. The van der Waals surface area contributed by atoms with Crippen LogP contribution in [0.15, 0.2) is 0 Å². The van der Waals surface area contributed by atoms with Gasteiger partial charge in [-0.1, -0.05) is 0 Å². The summed E-state index contributed by atoms with van der Waals surface area (Å²) < 4.78 is 21.7. The van der Waals surface area contributed by atoms with E-state index in [-0.39, 0.29) is 23.7 Å². The van der Waals surface area contributed by atoms with Gasteiger partial charge in [0.25, 0.3) is 0 Å². The van der Waals surface area contributed by atoms with Gasteiger partial charge in [0.2, 0.25) is 0 Å². The fraction of sp³-hybridized carbons (Fsp3) is 0.571. The topological polar surface area (TPSA) is 92.8 Å². The van der Waals surface area contributed by atoms with Crippen molar-refractivity contribution < 1.29 is 13.2 Å². The van der Waals surface area contributed by atoms with Crippen LogP contribution in [0.5, 0.6) is 0 Å². The fourth-order valence-corrected chi connectivity index (χ4v) is 1.56. The van der Waals surface area contributed by atoms with E-state index in [1.165, 1.54) is 6.92 Å². The molecule has 0 aliphatic rings. The maximum Gasteiger partial charge on any atom is 0.181 e. The SMILES string of the molecule is CC(=O)c1n[nH]nc1CCS(C)(=O)=O. The molecule has 0 fully saturated rings. The highest BCUT2D eigenvalue weighted by molar-refractivity contribution is 7.90. The number of carbonyl (C=O) groups excluding carboxylic acids is 1. The Morgan fingerprint density at radius 1 is 1.43 bits per heavy atom. The van der Waals surface area contributed by atoms with Gasteiger partial charge in [-0.15, -0.1) is 0 Å². The first kappa shape index (κ1) is 10.8. The van der Waals surface area contributed by atoms with Crippen molar-refractivity contribution in [3.8, 4) is 0 Å². The van der Waals surface area contributed by atoms with Crippen molar-refractivity contribution in [2.45, 2.75) is 13.3 Å². The smallest absolute Gasteiger partial charge is 0.181 e. The number of carbonyl (C=O) groups is 1. The number of Topliss-reactive ketones (excluding diaryl/α,β-unsaturated/α-hetero) is 1. The third kappa shape index (κ3) is 2.91. The number of sulfone groups is 1. The largest absolute Gasteiger partial charge is 0.293 e. The standard InChI is InChI=1S/C7H11N3O3S/c1-5(11)7-6(8-10-9-7)3-4-14(2,12)13/h3-4H2,1-2H3,(H,8,9,10). The van der Waals surface area contributed by atoms with Gasteiger partial charge in [-0.25, -0.2) is 8.42 Å². The van der Waals surface area contributed by atoms with E-state index in [1.807, 2.05) is 0 Å². The number of aryl methyl sites for hydroxylation is 1. The molecule has 6 nitrogen and oxygen atoms in total. The molecule has 0 unspecified atom stereocenters. The summed E-state index contributed by atoms with van der Waals surface area (Å²) in [6, 6.07) is 0. The zero-order valence-corrected chi connectivity index (χ0v) is 8.76. The van der Waals surface area contributed by atoms with Crippen LogP contribution in [0.4, 0.5) is 0 Å². The van der Waals surface area contributed by atoms with Crippen LogP contribution in [0.2, 0.25) is 0 Å². The number of ketones is 1. The Bertz CT molecular complexity index is 435. The quantitative estimate of drug-likeness (QED) is 0.692. The van der Waals surface area contributed by atoms with Crippen LogP contribution < -0.4 is 0 Å². The van der Waals surface area contributed by atoms with Crippen molar-refractivity contribution in [1.82, 2.24) is 15.4 Å². The van der Waals surface area contributed by atoms with E-state index in [1.54, 1.807) is 0 Å². The van der Waals surface area contributed by atoms with Crippen molar-refractivity contribution in [1.29, 1.82) is 0 Å². The van der Waals surface area contributed by atoms with Gasteiger partial charge in [0.1, 0.15) is 9.84 Å². The number of H-pyrrole nitrogens is 1. The predicted molar refractivity (Wildman–Crippen MR) is 49.8 cm³/mol. The summed E-state index contributed by atoms with van der Waals surface area (Å²) in [5.74, 6) is -0.248. The monoisotopic (exact) mass is 217 g/mol. The Labute approximate surface area is 81.6 Å². The van der Waals surface area contributed by atoms with Crippen LogP contribution in [-0.4, -0.2) is 41.6 Å². The second-order valence-corrected chi connectivity index (χ2v) is 5.31. The minimum Gasteiger partial charge on any atom is -0.293 e. The fourth-order valence-electron chi connectivity index (χ4n) is 0.991. The molecule has 1 N–H and O–H groups in total. The van der Waals surface area contributed by atoms with Crippen molar-refractivity contribution in [3.05, 3.63) is 11.4 Å². The predicted octanol–water partition coefficient (Wildman–Crippen LogP) is -0.406. The lowest BCUT2D eigenvalue weighted by Crippen LogP contribution is -2.08. The molecule has 14 heavy (non-hydrogen) atoms. The molecule has 1 aromatic heterocycles. The molecule has 1 heterocycles. The number of hydrogen-bond acceptors (Lipinski definition) is 5. The van der Waals surface area contributed by atoms with Crippen LogP contribution >= 0.6 is 0 Å². The maximum atomic E-state index is 11.0. The number of rotatable bonds is 4. The molecule has 0 atom stereocenters. The normalized spacial score (nSPS) is 11.6. The Kier molecular flexibility index (Phi) is 3.00. The first-order chi connectivity index (χ1) is 6.40. The molecule has 1 aromatic rings.